The van der Waals surface area contributed by atoms with Crippen LogP contribution in [0.4, 0.5) is 5.69 Å². The van der Waals surface area contributed by atoms with E-state index >= 15 is 0 Å². The molecule has 4 aromatic rings. The number of thioether (sulfide) groups is 2. The number of rotatable bonds is 6. The monoisotopic (exact) mass is 552 g/mol. The summed E-state index contributed by atoms with van der Waals surface area (Å²) in [5.41, 5.74) is 3.98. The highest BCUT2D eigenvalue weighted by molar-refractivity contribution is 8.45. The van der Waals surface area contributed by atoms with Crippen LogP contribution in [-0.2, 0) is 17.1 Å². The summed E-state index contributed by atoms with van der Waals surface area (Å²) in [5, 5.41) is 27.0. The second kappa shape index (κ2) is 10.4. The zero-order valence-corrected chi connectivity index (χ0v) is 22.0. The summed E-state index contributed by atoms with van der Waals surface area (Å²) < 4.78 is 2.76. The van der Waals surface area contributed by atoms with Gasteiger partial charge in [-0.3, -0.25) is 20.3 Å². The van der Waals surface area contributed by atoms with Gasteiger partial charge in [0.15, 0.2) is 10.2 Å². The van der Waals surface area contributed by atoms with Gasteiger partial charge in [-0.1, -0.05) is 72.4 Å². The van der Waals surface area contributed by atoms with E-state index in [0.29, 0.717) is 11.7 Å². The molecule has 3 heterocycles. The van der Waals surface area contributed by atoms with Gasteiger partial charge in [-0.25, -0.2) is 0 Å². The Morgan fingerprint density at radius 1 is 1.00 bits per heavy atom. The largest absolute Gasteiger partial charge is 0.342 e. The summed E-state index contributed by atoms with van der Waals surface area (Å²) in [6, 6.07) is 24.3. The summed E-state index contributed by atoms with van der Waals surface area (Å²) in [7, 11) is 0. The fourth-order valence-corrected chi connectivity index (χ4v) is 6.23. The van der Waals surface area contributed by atoms with Crippen molar-refractivity contribution in [3.63, 3.8) is 0 Å². The number of aliphatic imine (C=N–C) groups is 1. The predicted molar refractivity (Wildman–Crippen MR) is 157 cm³/mol. The molecular formula is C28H20N6O3S2. The first kappa shape index (κ1) is 24.8. The summed E-state index contributed by atoms with van der Waals surface area (Å²) >= 11 is 2.84. The normalized spacial score (nSPS) is 16.0. The lowest BCUT2D eigenvalue weighted by Crippen LogP contribution is -2.35. The molecule has 39 heavy (non-hydrogen) atoms. The molecule has 0 atom stereocenters. The Labute approximate surface area is 231 Å². The molecule has 0 saturated carbocycles. The highest BCUT2D eigenvalue weighted by Crippen LogP contribution is 2.34. The molecule has 0 unspecified atom stereocenters. The average molecular weight is 553 g/mol. The number of nitro groups is 1. The van der Waals surface area contributed by atoms with E-state index < -0.39 is 10.8 Å². The highest BCUT2D eigenvalue weighted by Gasteiger charge is 2.36. The van der Waals surface area contributed by atoms with Gasteiger partial charge in [-0.15, -0.1) is 5.10 Å². The molecule has 0 saturated heterocycles. The number of nitrogens with zero attached hydrogens (tertiary/aromatic N) is 5. The maximum Gasteiger partial charge on any atom is 0.283 e. The summed E-state index contributed by atoms with van der Waals surface area (Å²) in [6.07, 6.45) is 3.61. The molecule has 6 rings (SSSR count). The Bertz CT molecular complexity index is 1730. The lowest BCUT2D eigenvalue weighted by molar-refractivity contribution is -0.384. The van der Waals surface area contributed by atoms with Gasteiger partial charge in [-0.05, 0) is 35.0 Å². The molecule has 192 valence electrons. The van der Waals surface area contributed by atoms with Crippen LogP contribution >= 0.6 is 23.5 Å². The van der Waals surface area contributed by atoms with E-state index in [9.17, 15) is 14.9 Å². The quantitative estimate of drug-likeness (QED) is 0.175. The van der Waals surface area contributed by atoms with Gasteiger partial charge in [0.1, 0.15) is 0 Å². The van der Waals surface area contributed by atoms with Gasteiger partial charge in [-0.2, -0.15) is 10.0 Å². The number of benzene rings is 3. The zero-order chi connectivity index (χ0) is 26.9. The first-order chi connectivity index (χ1) is 19.0. The molecule has 0 spiro atoms. The number of aromatic nitrogens is 1. The van der Waals surface area contributed by atoms with Crippen molar-refractivity contribution in [2.75, 3.05) is 0 Å². The molecule has 0 aliphatic carbocycles. The van der Waals surface area contributed by atoms with E-state index in [2.05, 4.69) is 10.1 Å². The first-order valence-corrected chi connectivity index (χ1v) is 13.7. The van der Waals surface area contributed by atoms with Gasteiger partial charge in [0.05, 0.1) is 10.5 Å². The van der Waals surface area contributed by atoms with E-state index in [1.54, 1.807) is 30.0 Å². The molecule has 1 aromatic heterocycles. The number of carbonyl (C=O) groups excluding carboxylic acids is 1. The van der Waals surface area contributed by atoms with Crippen LogP contribution in [0.2, 0.25) is 0 Å². The lowest BCUT2D eigenvalue weighted by atomic mass is 10.1. The van der Waals surface area contributed by atoms with Gasteiger partial charge in [0, 0.05) is 47.1 Å². The Kier molecular flexibility index (Phi) is 6.59. The molecular weight excluding hydrogens is 532 g/mol. The van der Waals surface area contributed by atoms with E-state index in [1.807, 2.05) is 65.4 Å². The minimum absolute atomic E-state index is 0.0139. The van der Waals surface area contributed by atoms with E-state index in [-0.39, 0.29) is 17.1 Å². The highest BCUT2D eigenvalue weighted by atomic mass is 32.2. The van der Waals surface area contributed by atoms with Crippen molar-refractivity contribution in [2.45, 2.75) is 12.3 Å². The smallest absolute Gasteiger partial charge is 0.283 e. The third-order valence-corrected chi connectivity index (χ3v) is 8.37. The van der Waals surface area contributed by atoms with Crippen LogP contribution in [0.15, 0.2) is 101 Å². The molecule has 9 nitrogen and oxygen atoms in total. The van der Waals surface area contributed by atoms with Crippen LogP contribution in [-0.4, -0.2) is 35.8 Å². The van der Waals surface area contributed by atoms with Gasteiger partial charge in [0.2, 0.25) is 5.17 Å². The number of amidine groups is 2. The molecule has 0 fully saturated rings. The number of nitro benzene ring substituents is 1. The topological polar surface area (TPSA) is 117 Å². The van der Waals surface area contributed by atoms with Crippen molar-refractivity contribution in [1.29, 1.82) is 5.41 Å². The van der Waals surface area contributed by atoms with Gasteiger partial charge in [0.25, 0.3) is 11.6 Å². The van der Waals surface area contributed by atoms with Crippen LogP contribution in [0, 0.1) is 15.5 Å². The molecule has 0 radical (unpaired) electrons. The van der Waals surface area contributed by atoms with E-state index in [1.165, 1.54) is 28.9 Å². The number of para-hydroxylation sites is 1. The second-order valence-corrected chi connectivity index (χ2v) is 11.0. The maximum absolute atomic E-state index is 13.0. The van der Waals surface area contributed by atoms with Gasteiger partial charge >= 0.3 is 0 Å². The van der Waals surface area contributed by atoms with Crippen molar-refractivity contribution in [2.24, 2.45) is 10.1 Å². The number of fused-ring (bicyclic) bond motifs is 2. The van der Waals surface area contributed by atoms with Gasteiger partial charge < -0.3 is 4.57 Å². The number of hydrazone groups is 1. The standard InChI is InChI=1S/C28H20N6O3S2/c29-25-23(26(35)30-27-33(25)31-28(39-27)38-17-19-6-2-1-3-7-19)14-20-16-32(24-9-5-4-8-22(20)24)15-18-10-12-21(13-11-18)34(36)37/h1-14,16,29H,15,17H2/b23-14-,29-25?. The van der Waals surface area contributed by atoms with E-state index in [0.717, 1.165) is 37.7 Å². The summed E-state index contributed by atoms with van der Waals surface area (Å²) in [6.45, 7) is 0.491. The molecule has 1 amide bonds. The predicted octanol–water partition coefficient (Wildman–Crippen LogP) is 6.11. The minimum atomic E-state index is -0.476. The SMILES string of the molecule is N=C1/C(=C/c2cn(Cc3ccc([N+](=O)[O-])cc3)c3ccccc23)C(=O)N=C2SC(SCc3ccccc3)=NN12. The van der Waals surface area contributed by atoms with Crippen LogP contribution in [0.25, 0.3) is 17.0 Å². The molecule has 2 aliphatic rings. The van der Waals surface area contributed by atoms with E-state index in [4.69, 9.17) is 5.41 Å². The first-order valence-electron chi connectivity index (χ1n) is 11.9. The third kappa shape index (κ3) is 5.01. The molecule has 3 aromatic carbocycles. The molecule has 1 N–H and O–H groups in total. The summed E-state index contributed by atoms with van der Waals surface area (Å²) in [5.74, 6) is 0.238. The average Bonchev–Trinajstić information content (AvgIpc) is 3.52. The fraction of sp³-hybridized carbons (Fsp3) is 0.0714. The van der Waals surface area contributed by atoms with Crippen molar-refractivity contribution >= 4 is 67.5 Å². The van der Waals surface area contributed by atoms with Crippen LogP contribution in [0.5, 0.6) is 0 Å². The Morgan fingerprint density at radius 3 is 2.51 bits per heavy atom. The number of hydrogen-bond acceptors (Lipinski definition) is 7. The number of nitrogens with one attached hydrogen (secondary N) is 1. The molecule has 2 aliphatic heterocycles. The fourth-order valence-electron chi connectivity index (χ4n) is 4.35. The Balaban J connectivity index is 1.27. The maximum atomic E-state index is 13.0. The number of carbonyl (C=O) groups is 1. The minimum Gasteiger partial charge on any atom is -0.342 e. The van der Waals surface area contributed by atoms with Crippen LogP contribution in [0.3, 0.4) is 0 Å². The van der Waals surface area contributed by atoms with Crippen molar-refractivity contribution in [3.05, 3.63) is 117 Å². The Morgan fingerprint density at radius 2 is 1.74 bits per heavy atom. The second-order valence-electron chi connectivity index (χ2n) is 8.81. The third-order valence-electron chi connectivity index (χ3n) is 6.26. The lowest BCUT2D eigenvalue weighted by Gasteiger charge is -2.20. The van der Waals surface area contributed by atoms with Crippen LogP contribution < -0.4 is 0 Å². The molecule has 11 heteroatoms. The Hall–Kier alpha value is -4.48. The number of amides is 1. The van der Waals surface area contributed by atoms with Crippen molar-refractivity contribution in [3.8, 4) is 0 Å². The number of non-ortho nitro benzene ring substituents is 1. The number of hydrogen-bond donors (Lipinski definition) is 1. The van der Waals surface area contributed by atoms with Crippen molar-refractivity contribution in [1.82, 2.24) is 9.58 Å². The van der Waals surface area contributed by atoms with Crippen molar-refractivity contribution < 1.29 is 9.72 Å². The zero-order valence-electron chi connectivity index (χ0n) is 20.4. The van der Waals surface area contributed by atoms with Crippen LogP contribution in [0.1, 0.15) is 16.7 Å². The molecule has 0 bridgehead atoms. The summed E-state index contributed by atoms with van der Waals surface area (Å²) in [4.78, 5) is 27.8.